The van der Waals surface area contributed by atoms with E-state index in [1.807, 2.05) is 18.2 Å². The Kier molecular flexibility index (Phi) is 8.56. The van der Waals surface area contributed by atoms with Gasteiger partial charge >= 0.3 is 5.97 Å². The first-order valence-corrected chi connectivity index (χ1v) is 16.8. The highest BCUT2D eigenvalue weighted by molar-refractivity contribution is 7.93. The van der Waals surface area contributed by atoms with Crippen LogP contribution in [0.4, 0.5) is 5.69 Å². The summed E-state index contributed by atoms with van der Waals surface area (Å²) < 4.78 is 35.3. The number of piperazine rings is 1. The van der Waals surface area contributed by atoms with Crippen molar-refractivity contribution in [1.82, 2.24) is 14.7 Å². The minimum absolute atomic E-state index is 0.0707. The number of benzene rings is 3. The maximum atomic E-state index is 15.2. The fourth-order valence-corrected chi connectivity index (χ4v) is 8.54. The second-order valence-corrected chi connectivity index (χ2v) is 14.1. The Balaban J connectivity index is 1.60. The first-order valence-electron chi connectivity index (χ1n) is 15.0. The molecule has 1 N–H and O–H groups in total. The van der Waals surface area contributed by atoms with Crippen LogP contribution in [0.5, 0.6) is 5.75 Å². The highest BCUT2D eigenvalue weighted by atomic mass is 35.5. The summed E-state index contributed by atoms with van der Waals surface area (Å²) in [4.78, 5) is 33.9. The summed E-state index contributed by atoms with van der Waals surface area (Å²) in [6.07, 6.45) is 0.750. The number of carbonyl (C=O) groups is 2. The zero-order valence-electron chi connectivity index (χ0n) is 25.5. The fourth-order valence-electron chi connectivity index (χ4n) is 6.91. The number of amides is 1. The molecule has 13 heteroatoms. The SMILES string of the molecule is COc1ccc(CN2CCN(C)CC2)cc1C1(N2CCC[C@H]2C(=O)O)C(=O)N(S(=O)(=O)c2ccc(C#N)cc2)c2ccc(Cl)cc21. The number of likely N-dealkylation sites (tertiary alicyclic amines) is 1. The van der Waals surface area contributed by atoms with E-state index in [0.717, 1.165) is 36.0 Å². The maximum Gasteiger partial charge on any atom is 0.320 e. The number of hydrogen-bond acceptors (Lipinski definition) is 9. The van der Waals surface area contributed by atoms with Crippen LogP contribution in [0.15, 0.2) is 65.6 Å². The standard InChI is InChI=1S/C33H34ClN5O6S/c1-36-14-16-37(17-15-36)21-23-7-12-30(45-2)27(18-23)33(38-13-3-4-29(38)31(40)41)26-19-24(34)8-11-28(26)39(32(33)42)46(43,44)25-9-5-22(20-35)6-10-25/h5-12,18-19,29H,3-4,13-17,21H2,1-2H3,(H,40,41)/t29-,33?/m0/s1. The van der Waals surface area contributed by atoms with Crippen LogP contribution in [0.2, 0.25) is 5.02 Å². The zero-order chi connectivity index (χ0) is 32.8. The predicted molar refractivity (Wildman–Crippen MR) is 171 cm³/mol. The van der Waals surface area contributed by atoms with Gasteiger partial charge in [-0.05, 0) is 80.1 Å². The molecule has 1 amide bonds. The van der Waals surface area contributed by atoms with Crippen molar-refractivity contribution in [3.63, 3.8) is 0 Å². The van der Waals surface area contributed by atoms with E-state index in [0.29, 0.717) is 24.3 Å². The number of fused-ring (bicyclic) bond motifs is 1. The monoisotopic (exact) mass is 663 g/mol. The van der Waals surface area contributed by atoms with Gasteiger partial charge in [-0.15, -0.1) is 0 Å². The first-order chi connectivity index (χ1) is 22.0. The minimum atomic E-state index is -4.54. The lowest BCUT2D eigenvalue weighted by Crippen LogP contribution is -2.58. The van der Waals surface area contributed by atoms with Crippen molar-refractivity contribution in [2.45, 2.75) is 35.9 Å². The van der Waals surface area contributed by atoms with Gasteiger partial charge in [0.15, 0.2) is 5.54 Å². The van der Waals surface area contributed by atoms with Gasteiger partial charge in [-0.2, -0.15) is 5.26 Å². The molecule has 0 aliphatic carbocycles. The molecule has 3 aliphatic rings. The van der Waals surface area contributed by atoms with E-state index < -0.39 is 33.5 Å². The number of hydrogen-bond donors (Lipinski definition) is 1. The van der Waals surface area contributed by atoms with Crippen molar-refractivity contribution in [2.75, 3.05) is 51.2 Å². The number of nitriles is 1. The van der Waals surface area contributed by atoms with Crippen molar-refractivity contribution < 1.29 is 27.9 Å². The van der Waals surface area contributed by atoms with E-state index in [9.17, 15) is 23.6 Å². The summed E-state index contributed by atoms with van der Waals surface area (Å²) in [6.45, 7) is 4.31. The van der Waals surface area contributed by atoms with Crippen molar-refractivity contribution in [3.05, 3.63) is 87.9 Å². The van der Waals surface area contributed by atoms with Crippen molar-refractivity contribution in [1.29, 1.82) is 5.26 Å². The molecular weight excluding hydrogens is 630 g/mol. The van der Waals surface area contributed by atoms with Gasteiger partial charge in [0, 0.05) is 55.4 Å². The Bertz CT molecular complexity index is 1840. The summed E-state index contributed by atoms with van der Waals surface area (Å²) in [6, 6.07) is 16.2. The van der Waals surface area contributed by atoms with E-state index in [-0.39, 0.29) is 39.7 Å². The molecule has 0 spiro atoms. The molecule has 6 rings (SSSR count). The summed E-state index contributed by atoms with van der Waals surface area (Å²) in [5, 5.41) is 19.9. The Hall–Kier alpha value is -3.99. The van der Waals surface area contributed by atoms with E-state index in [1.54, 1.807) is 17.0 Å². The average molecular weight is 664 g/mol. The molecule has 240 valence electrons. The van der Waals surface area contributed by atoms with Crippen LogP contribution in [0.1, 0.15) is 35.1 Å². The lowest BCUT2D eigenvalue weighted by molar-refractivity contribution is -0.145. The molecule has 1 unspecified atom stereocenters. The molecule has 0 saturated carbocycles. The Morgan fingerprint density at radius 3 is 2.41 bits per heavy atom. The quantitative estimate of drug-likeness (QED) is 0.382. The highest BCUT2D eigenvalue weighted by Gasteiger charge is 2.63. The van der Waals surface area contributed by atoms with Crippen molar-refractivity contribution in [2.24, 2.45) is 0 Å². The lowest BCUT2D eigenvalue weighted by Gasteiger charge is -2.41. The summed E-state index contributed by atoms with van der Waals surface area (Å²) in [5.41, 5.74) is -0.0947. The molecular formula is C33H34ClN5O6S. The molecule has 46 heavy (non-hydrogen) atoms. The van der Waals surface area contributed by atoms with Gasteiger partial charge in [-0.1, -0.05) is 17.7 Å². The van der Waals surface area contributed by atoms with Crippen LogP contribution < -0.4 is 9.04 Å². The molecule has 3 aromatic carbocycles. The number of sulfonamides is 1. The van der Waals surface area contributed by atoms with Gasteiger partial charge in [-0.25, -0.2) is 12.7 Å². The number of halogens is 1. The zero-order valence-corrected chi connectivity index (χ0v) is 27.1. The number of aliphatic carboxylic acids is 1. The van der Waals surface area contributed by atoms with Crippen LogP contribution in [-0.2, 0) is 31.7 Å². The fraction of sp³-hybridized carbons (Fsp3) is 0.364. The number of methoxy groups -OCH3 is 1. The van der Waals surface area contributed by atoms with E-state index >= 15 is 4.79 Å². The molecule has 0 radical (unpaired) electrons. The van der Waals surface area contributed by atoms with Gasteiger partial charge in [-0.3, -0.25) is 19.4 Å². The molecule has 3 heterocycles. The van der Waals surface area contributed by atoms with Crippen LogP contribution >= 0.6 is 11.6 Å². The Morgan fingerprint density at radius 2 is 1.76 bits per heavy atom. The lowest BCUT2D eigenvalue weighted by atomic mass is 9.80. The second kappa shape index (κ2) is 12.3. The third-order valence-corrected chi connectivity index (χ3v) is 11.2. The molecule has 2 atom stereocenters. The summed E-state index contributed by atoms with van der Waals surface area (Å²) in [5.74, 6) is -1.65. The number of carboxylic acids is 1. The minimum Gasteiger partial charge on any atom is -0.496 e. The van der Waals surface area contributed by atoms with Gasteiger partial charge in [0.1, 0.15) is 11.8 Å². The van der Waals surface area contributed by atoms with Gasteiger partial charge in [0.2, 0.25) is 0 Å². The van der Waals surface area contributed by atoms with Crippen LogP contribution in [-0.4, -0.2) is 93.0 Å². The highest BCUT2D eigenvalue weighted by Crippen LogP contribution is 2.55. The third-order valence-electron chi connectivity index (χ3n) is 9.21. The topological polar surface area (TPSA) is 134 Å². The van der Waals surface area contributed by atoms with Crippen LogP contribution in [0.3, 0.4) is 0 Å². The number of nitrogens with zero attached hydrogens (tertiary/aromatic N) is 5. The average Bonchev–Trinajstić information content (AvgIpc) is 3.63. The molecule has 0 aromatic heterocycles. The number of likely N-dealkylation sites (N-methyl/N-ethyl adjacent to an activating group) is 1. The summed E-state index contributed by atoms with van der Waals surface area (Å²) >= 11 is 6.56. The Morgan fingerprint density at radius 1 is 1.04 bits per heavy atom. The number of carbonyl (C=O) groups excluding carboxylic acids is 1. The molecule has 3 aliphatic heterocycles. The van der Waals surface area contributed by atoms with E-state index in [4.69, 9.17) is 16.3 Å². The second-order valence-electron chi connectivity index (χ2n) is 11.9. The van der Waals surface area contributed by atoms with E-state index in [2.05, 4.69) is 16.8 Å². The van der Waals surface area contributed by atoms with Crippen molar-refractivity contribution in [3.8, 4) is 11.8 Å². The number of anilines is 1. The first kappa shape index (κ1) is 32.0. The molecule has 0 bridgehead atoms. The normalized spacial score (nSPS) is 22.5. The maximum absolute atomic E-state index is 15.2. The van der Waals surface area contributed by atoms with Gasteiger partial charge in [0.25, 0.3) is 15.9 Å². The molecule has 11 nitrogen and oxygen atoms in total. The van der Waals surface area contributed by atoms with Gasteiger partial charge < -0.3 is 14.7 Å². The molecule has 2 saturated heterocycles. The molecule has 2 fully saturated rings. The third kappa shape index (κ3) is 5.22. The summed E-state index contributed by atoms with van der Waals surface area (Å²) in [7, 11) is -0.996. The number of rotatable bonds is 8. The van der Waals surface area contributed by atoms with Crippen LogP contribution in [0.25, 0.3) is 0 Å². The van der Waals surface area contributed by atoms with Crippen LogP contribution in [0, 0.1) is 11.3 Å². The van der Waals surface area contributed by atoms with Gasteiger partial charge in [0.05, 0.1) is 29.3 Å². The number of ether oxygens (including phenoxy) is 1. The Labute approximate surface area is 273 Å². The number of carboxylic acid groups (broad SMARTS) is 1. The molecule has 3 aromatic rings. The van der Waals surface area contributed by atoms with Crippen molar-refractivity contribution >= 4 is 39.2 Å². The predicted octanol–water partition coefficient (Wildman–Crippen LogP) is 3.50. The largest absolute Gasteiger partial charge is 0.496 e. The smallest absolute Gasteiger partial charge is 0.320 e. The van der Waals surface area contributed by atoms with E-state index in [1.165, 1.54) is 43.5 Å².